The van der Waals surface area contributed by atoms with Crippen molar-refractivity contribution in [2.75, 3.05) is 0 Å². The van der Waals surface area contributed by atoms with Crippen LogP contribution < -0.4 is 5.73 Å². The van der Waals surface area contributed by atoms with Crippen molar-refractivity contribution in [3.05, 3.63) is 58.6 Å². The summed E-state index contributed by atoms with van der Waals surface area (Å²) in [5, 5.41) is 0.801. The zero-order chi connectivity index (χ0) is 11.8. The fraction of sp³-hybridized carbons (Fsp3) is 0.200. The van der Waals surface area contributed by atoms with E-state index in [2.05, 4.69) is 24.3 Å². The summed E-state index contributed by atoms with van der Waals surface area (Å²) in [6.07, 6.45) is 2.14. The van der Waals surface area contributed by atoms with E-state index in [9.17, 15) is 0 Å². The van der Waals surface area contributed by atoms with Crippen molar-refractivity contribution in [1.29, 1.82) is 0 Å². The topological polar surface area (TPSA) is 26.0 Å². The third-order valence-corrected chi connectivity index (χ3v) is 3.78. The molecular formula is C15H14ClN. The molecule has 0 aromatic heterocycles. The van der Waals surface area contributed by atoms with Gasteiger partial charge in [0, 0.05) is 16.6 Å². The van der Waals surface area contributed by atoms with E-state index in [1.807, 2.05) is 18.2 Å². The number of fused-ring (bicyclic) bond motifs is 1. The lowest BCUT2D eigenvalue weighted by Crippen LogP contribution is -2.04. The molecule has 2 aromatic rings. The van der Waals surface area contributed by atoms with E-state index in [0.717, 1.165) is 23.4 Å². The number of rotatable bonds is 1. The minimum absolute atomic E-state index is 0.213. The van der Waals surface area contributed by atoms with E-state index < -0.39 is 0 Å². The summed E-state index contributed by atoms with van der Waals surface area (Å²) in [7, 11) is 0. The Labute approximate surface area is 106 Å². The van der Waals surface area contributed by atoms with Crippen LogP contribution in [-0.4, -0.2) is 0 Å². The summed E-state index contributed by atoms with van der Waals surface area (Å²) >= 11 is 6.21. The van der Waals surface area contributed by atoms with Crippen LogP contribution in [0.5, 0.6) is 0 Å². The van der Waals surface area contributed by atoms with Gasteiger partial charge in [-0.15, -0.1) is 0 Å². The van der Waals surface area contributed by atoms with Crippen molar-refractivity contribution in [2.24, 2.45) is 5.73 Å². The van der Waals surface area contributed by atoms with Crippen LogP contribution in [-0.2, 0) is 6.42 Å². The lowest BCUT2D eigenvalue weighted by Gasteiger charge is -2.08. The number of hydrogen-bond acceptors (Lipinski definition) is 1. The molecule has 0 radical (unpaired) electrons. The quantitative estimate of drug-likeness (QED) is 0.806. The minimum Gasteiger partial charge on any atom is -0.324 e. The van der Waals surface area contributed by atoms with Crippen molar-refractivity contribution in [1.82, 2.24) is 0 Å². The van der Waals surface area contributed by atoms with Gasteiger partial charge in [-0.05, 0) is 35.6 Å². The Kier molecular flexibility index (Phi) is 2.65. The first-order valence-electron chi connectivity index (χ1n) is 5.89. The first-order valence-corrected chi connectivity index (χ1v) is 6.27. The van der Waals surface area contributed by atoms with Crippen molar-refractivity contribution >= 4 is 11.6 Å². The van der Waals surface area contributed by atoms with E-state index in [-0.39, 0.29) is 6.04 Å². The first-order chi connectivity index (χ1) is 8.25. The van der Waals surface area contributed by atoms with Crippen LogP contribution in [0.4, 0.5) is 0 Å². The maximum atomic E-state index is 6.21. The predicted octanol–water partition coefficient (Wildman–Crippen LogP) is 3.95. The van der Waals surface area contributed by atoms with Gasteiger partial charge < -0.3 is 5.73 Å². The SMILES string of the molecule is NC1CCc2cc(-c3ccccc3Cl)ccc21. The van der Waals surface area contributed by atoms with Crippen LogP contribution in [0.15, 0.2) is 42.5 Å². The molecule has 1 atom stereocenters. The lowest BCUT2D eigenvalue weighted by atomic mass is 10.00. The Morgan fingerprint density at radius 3 is 2.76 bits per heavy atom. The third-order valence-electron chi connectivity index (χ3n) is 3.45. The molecule has 2 heteroatoms. The highest BCUT2D eigenvalue weighted by Gasteiger charge is 2.19. The fourth-order valence-corrected chi connectivity index (χ4v) is 2.76. The standard InChI is InChI=1S/C15H14ClN/c16-14-4-2-1-3-12(14)10-5-7-13-11(9-10)6-8-15(13)17/h1-5,7,9,15H,6,8,17H2. The van der Waals surface area contributed by atoms with Gasteiger partial charge in [-0.3, -0.25) is 0 Å². The van der Waals surface area contributed by atoms with Crippen molar-refractivity contribution < 1.29 is 0 Å². The highest BCUT2D eigenvalue weighted by molar-refractivity contribution is 6.33. The lowest BCUT2D eigenvalue weighted by molar-refractivity contribution is 0.713. The summed E-state index contributed by atoms with van der Waals surface area (Å²) in [6, 6.07) is 14.6. The maximum Gasteiger partial charge on any atom is 0.0484 e. The summed E-state index contributed by atoms with van der Waals surface area (Å²) in [6.45, 7) is 0. The Hall–Kier alpha value is -1.31. The molecule has 0 spiro atoms. The van der Waals surface area contributed by atoms with Crippen molar-refractivity contribution in [3.63, 3.8) is 0 Å². The molecular weight excluding hydrogens is 230 g/mol. The molecule has 1 unspecified atom stereocenters. The third kappa shape index (κ3) is 1.86. The first kappa shape index (κ1) is 10.8. The Bertz CT molecular complexity index is 563. The Morgan fingerprint density at radius 1 is 1.12 bits per heavy atom. The summed E-state index contributed by atoms with van der Waals surface area (Å²) in [4.78, 5) is 0. The van der Waals surface area contributed by atoms with Gasteiger partial charge in [-0.25, -0.2) is 0 Å². The van der Waals surface area contributed by atoms with Crippen molar-refractivity contribution in [3.8, 4) is 11.1 Å². The second-order valence-electron chi connectivity index (χ2n) is 4.54. The average Bonchev–Trinajstić information content (AvgIpc) is 2.71. The average molecular weight is 244 g/mol. The molecule has 0 amide bonds. The molecule has 0 saturated carbocycles. The molecule has 1 nitrogen and oxygen atoms in total. The van der Waals surface area contributed by atoms with Crippen LogP contribution in [0.25, 0.3) is 11.1 Å². The number of benzene rings is 2. The van der Waals surface area contributed by atoms with Gasteiger partial charge in [0.05, 0.1) is 0 Å². The van der Waals surface area contributed by atoms with E-state index in [0.29, 0.717) is 0 Å². The zero-order valence-electron chi connectivity index (χ0n) is 9.49. The molecule has 0 fully saturated rings. The van der Waals surface area contributed by atoms with E-state index in [1.54, 1.807) is 0 Å². The highest BCUT2D eigenvalue weighted by Crippen LogP contribution is 2.34. The molecule has 0 bridgehead atoms. The number of halogens is 1. The van der Waals surface area contributed by atoms with Gasteiger partial charge in [-0.1, -0.05) is 48.0 Å². The predicted molar refractivity (Wildman–Crippen MR) is 72.1 cm³/mol. The van der Waals surface area contributed by atoms with Gasteiger partial charge in [-0.2, -0.15) is 0 Å². The van der Waals surface area contributed by atoms with Gasteiger partial charge >= 0.3 is 0 Å². The van der Waals surface area contributed by atoms with Crippen LogP contribution in [0.3, 0.4) is 0 Å². The molecule has 2 N–H and O–H groups in total. The number of nitrogens with two attached hydrogens (primary N) is 1. The zero-order valence-corrected chi connectivity index (χ0v) is 10.2. The number of aryl methyl sites for hydroxylation is 1. The largest absolute Gasteiger partial charge is 0.324 e. The molecule has 86 valence electrons. The fourth-order valence-electron chi connectivity index (χ4n) is 2.51. The Balaban J connectivity index is 2.09. The molecule has 3 rings (SSSR count). The van der Waals surface area contributed by atoms with Gasteiger partial charge in [0.25, 0.3) is 0 Å². The normalized spacial score (nSPS) is 18.1. The van der Waals surface area contributed by atoms with Gasteiger partial charge in [0.15, 0.2) is 0 Å². The molecule has 17 heavy (non-hydrogen) atoms. The van der Waals surface area contributed by atoms with Crippen LogP contribution >= 0.6 is 11.6 Å². The summed E-state index contributed by atoms with van der Waals surface area (Å²) in [5.74, 6) is 0. The minimum atomic E-state index is 0.213. The van der Waals surface area contributed by atoms with Gasteiger partial charge in [0.1, 0.15) is 0 Å². The van der Waals surface area contributed by atoms with Crippen LogP contribution in [0, 0.1) is 0 Å². The molecule has 0 saturated heterocycles. The van der Waals surface area contributed by atoms with E-state index in [4.69, 9.17) is 17.3 Å². The monoisotopic (exact) mass is 243 g/mol. The van der Waals surface area contributed by atoms with E-state index in [1.165, 1.54) is 16.7 Å². The molecule has 2 aromatic carbocycles. The van der Waals surface area contributed by atoms with Crippen LogP contribution in [0.2, 0.25) is 5.02 Å². The smallest absolute Gasteiger partial charge is 0.0484 e. The molecule has 1 aliphatic carbocycles. The second-order valence-corrected chi connectivity index (χ2v) is 4.95. The molecule has 0 heterocycles. The number of hydrogen-bond donors (Lipinski definition) is 1. The summed E-state index contributed by atoms with van der Waals surface area (Å²) < 4.78 is 0. The molecule has 0 aliphatic heterocycles. The maximum absolute atomic E-state index is 6.21. The second kappa shape index (κ2) is 4.17. The summed E-state index contributed by atoms with van der Waals surface area (Å²) in [5.41, 5.74) is 11.0. The van der Waals surface area contributed by atoms with E-state index >= 15 is 0 Å². The highest BCUT2D eigenvalue weighted by atomic mass is 35.5. The van der Waals surface area contributed by atoms with Gasteiger partial charge in [0.2, 0.25) is 0 Å². The Morgan fingerprint density at radius 2 is 1.94 bits per heavy atom. The van der Waals surface area contributed by atoms with Crippen molar-refractivity contribution in [2.45, 2.75) is 18.9 Å². The molecule has 1 aliphatic rings. The van der Waals surface area contributed by atoms with Crippen LogP contribution in [0.1, 0.15) is 23.6 Å².